The number of carbonyl (C=O) groups is 4. The molecule has 11 nitrogen and oxygen atoms in total. The van der Waals surface area contributed by atoms with Gasteiger partial charge in [0.2, 0.25) is 5.75 Å². The van der Waals surface area contributed by atoms with E-state index in [4.69, 9.17) is 19.9 Å². The van der Waals surface area contributed by atoms with E-state index in [1.165, 1.54) is 27.4 Å². The van der Waals surface area contributed by atoms with Crippen LogP contribution in [0.2, 0.25) is 0 Å². The molecule has 0 unspecified atom stereocenters. The maximum absolute atomic E-state index is 12.9. The van der Waals surface area contributed by atoms with Gasteiger partial charge >= 0.3 is 12.1 Å². The maximum Gasteiger partial charge on any atom is 0.331 e. The Labute approximate surface area is 185 Å². The van der Waals surface area contributed by atoms with Crippen molar-refractivity contribution < 1.29 is 33.4 Å². The molecule has 0 atom stereocenters. The van der Waals surface area contributed by atoms with Crippen molar-refractivity contribution in [3.8, 4) is 17.2 Å². The second-order valence-corrected chi connectivity index (χ2v) is 6.94. The Morgan fingerprint density at radius 1 is 1.03 bits per heavy atom. The number of nitrogens with one attached hydrogen (secondary N) is 2. The first kappa shape index (κ1) is 24.5. The van der Waals surface area contributed by atoms with Gasteiger partial charge in [0, 0.05) is 13.1 Å². The second kappa shape index (κ2) is 11.6. The standard InChI is InChI=1S/C21H28N4O7/c1-30-15-11-13(12-16(31-2)17(15)32-3)10-14-18(26)24-21(29)25(19(14)27)9-7-5-4-6-8-23-20(22)28/h10-12H,4-9H2,1-3H3,(H3,22,23,28)(H,24,26,29). The van der Waals surface area contributed by atoms with Gasteiger partial charge in [-0.25, -0.2) is 9.59 Å². The Balaban J connectivity index is 2.11. The lowest BCUT2D eigenvalue weighted by Crippen LogP contribution is -2.54. The molecule has 1 heterocycles. The summed E-state index contributed by atoms with van der Waals surface area (Å²) in [4.78, 5) is 49.0. The van der Waals surface area contributed by atoms with E-state index >= 15 is 0 Å². The first-order chi connectivity index (χ1) is 15.3. The summed E-state index contributed by atoms with van der Waals surface area (Å²) in [5.74, 6) is -0.355. The maximum atomic E-state index is 12.9. The van der Waals surface area contributed by atoms with Gasteiger partial charge in [0.25, 0.3) is 11.8 Å². The smallest absolute Gasteiger partial charge is 0.331 e. The number of imide groups is 2. The van der Waals surface area contributed by atoms with Crippen LogP contribution in [0, 0.1) is 0 Å². The zero-order valence-corrected chi connectivity index (χ0v) is 18.4. The molecule has 4 N–H and O–H groups in total. The average Bonchev–Trinajstić information content (AvgIpc) is 2.76. The number of nitrogens with zero attached hydrogens (tertiary/aromatic N) is 1. The van der Waals surface area contributed by atoms with Gasteiger partial charge in [0.05, 0.1) is 21.3 Å². The number of benzene rings is 1. The molecule has 0 saturated carbocycles. The minimum atomic E-state index is -0.775. The van der Waals surface area contributed by atoms with E-state index in [9.17, 15) is 19.2 Å². The lowest BCUT2D eigenvalue weighted by atomic mass is 10.1. The predicted molar refractivity (Wildman–Crippen MR) is 115 cm³/mol. The van der Waals surface area contributed by atoms with E-state index in [1.54, 1.807) is 12.1 Å². The number of rotatable bonds is 11. The fraction of sp³-hybridized carbons (Fsp3) is 0.429. The van der Waals surface area contributed by atoms with Gasteiger partial charge in [0.15, 0.2) is 11.5 Å². The number of urea groups is 2. The van der Waals surface area contributed by atoms with Gasteiger partial charge in [-0.1, -0.05) is 12.8 Å². The van der Waals surface area contributed by atoms with Crippen molar-refractivity contribution in [2.24, 2.45) is 5.73 Å². The molecule has 0 aromatic heterocycles. The van der Waals surface area contributed by atoms with Crippen LogP contribution in [0.3, 0.4) is 0 Å². The Morgan fingerprint density at radius 2 is 1.66 bits per heavy atom. The van der Waals surface area contributed by atoms with Crippen LogP contribution in [0.15, 0.2) is 17.7 Å². The molecular formula is C21H28N4O7. The van der Waals surface area contributed by atoms with Gasteiger partial charge in [-0.3, -0.25) is 19.8 Å². The number of unbranched alkanes of at least 4 members (excludes halogenated alkanes) is 3. The molecule has 1 saturated heterocycles. The topological polar surface area (TPSA) is 149 Å². The Hall–Kier alpha value is -3.76. The van der Waals surface area contributed by atoms with Gasteiger partial charge in [0.1, 0.15) is 5.57 Å². The molecule has 6 amide bonds. The molecule has 32 heavy (non-hydrogen) atoms. The second-order valence-electron chi connectivity index (χ2n) is 6.94. The van der Waals surface area contributed by atoms with E-state index in [2.05, 4.69) is 10.6 Å². The normalized spacial score (nSPS) is 14.9. The third kappa shape index (κ3) is 6.13. The van der Waals surface area contributed by atoms with E-state index in [0.717, 1.165) is 24.2 Å². The SMILES string of the molecule is COc1cc(C=C2C(=O)NC(=O)N(CCCCCCNC(N)=O)C2=O)cc(OC)c1OC. The van der Waals surface area contributed by atoms with Crippen molar-refractivity contribution in [2.75, 3.05) is 34.4 Å². The van der Waals surface area contributed by atoms with Crippen LogP contribution in [0.4, 0.5) is 9.59 Å². The summed E-state index contributed by atoms with van der Waals surface area (Å²) in [6.07, 6.45) is 4.18. The van der Waals surface area contributed by atoms with Crippen LogP contribution in [0.1, 0.15) is 31.2 Å². The first-order valence-corrected chi connectivity index (χ1v) is 10.0. The Bertz CT molecular complexity index is 888. The Morgan fingerprint density at radius 3 is 2.22 bits per heavy atom. The van der Waals surface area contributed by atoms with Gasteiger partial charge in [-0.15, -0.1) is 0 Å². The first-order valence-electron chi connectivity index (χ1n) is 10.0. The van der Waals surface area contributed by atoms with Crippen LogP contribution in [0.25, 0.3) is 6.08 Å². The molecule has 2 rings (SSSR count). The lowest BCUT2D eigenvalue weighted by Gasteiger charge is -2.26. The third-order valence-corrected chi connectivity index (χ3v) is 4.79. The van der Waals surface area contributed by atoms with E-state index in [0.29, 0.717) is 35.8 Å². The lowest BCUT2D eigenvalue weighted by molar-refractivity contribution is -0.130. The van der Waals surface area contributed by atoms with E-state index < -0.39 is 23.9 Å². The molecular weight excluding hydrogens is 420 g/mol. The summed E-state index contributed by atoms with van der Waals surface area (Å²) in [6.45, 7) is 0.627. The largest absolute Gasteiger partial charge is 0.493 e. The monoisotopic (exact) mass is 448 g/mol. The third-order valence-electron chi connectivity index (χ3n) is 4.79. The van der Waals surface area contributed by atoms with Gasteiger partial charge in [-0.2, -0.15) is 0 Å². The quantitative estimate of drug-likeness (QED) is 0.263. The fourth-order valence-corrected chi connectivity index (χ4v) is 3.21. The van der Waals surface area contributed by atoms with E-state index in [-0.39, 0.29) is 12.1 Å². The summed E-state index contributed by atoms with van der Waals surface area (Å²) < 4.78 is 15.9. The van der Waals surface area contributed by atoms with Crippen molar-refractivity contribution in [3.05, 3.63) is 23.3 Å². The zero-order valence-electron chi connectivity index (χ0n) is 18.4. The molecule has 1 aliphatic rings. The number of nitrogens with two attached hydrogens (primary N) is 1. The van der Waals surface area contributed by atoms with Gasteiger partial charge in [-0.05, 0) is 36.6 Å². The number of amides is 6. The summed E-state index contributed by atoms with van der Waals surface area (Å²) in [7, 11) is 4.38. The highest BCUT2D eigenvalue weighted by Gasteiger charge is 2.35. The number of primary amides is 1. The summed E-state index contributed by atoms with van der Waals surface area (Å²) >= 11 is 0. The number of methoxy groups -OCH3 is 3. The summed E-state index contributed by atoms with van der Waals surface area (Å²) in [6, 6.07) is 1.86. The number of barbiturate groups is 1. The average molecular weight is 448 g/mol. The van der Waals surface area contributed by atoms with Crippen LogP contribution in [-0.4, -0.2) is 63.2 Å². The molecule has 0 aliphatic carbocycles. The highest BCUT2D eigenvalue weighted by Crippen LogP contribution is 2.38. The van der Waals surface area contributed by atoms with Crippen molar-refractivity contribution in [1.29, 1.82) is 0 Å². The molecule has 1 aromatic rings. The predicted octanol–water partition coefficient (Wildman–Crippen LogP) is 1.40. The molecule has 174 valence electrons. The van der Waals surface area contributed by atoms with Crippen molar-refractivity contribution in [3.63, 3.8) is 0 Å². The number of hydrogen-bond acceptors (Lipinski definition) is 7. The number of carbonyl (C=O) groups excluding carboxylic acids is 4. The number of ether oxygens (including phenoxy) is 3. The molecule has 1 aromatic carbocycles. The highest BCUT2D eigenvalue weighted by atomic mass is 16.5. The molecule has 11 heteroatoms. The minimum absolute atomic E-state index is 0.161. The van der Waals surface area contributed by atoms with Crippen LogP contribution >= 0.6 is 0 Å². The van der Waals surface area contributed by atoms with E-state index in [1.807, 2.05) is 0 Å². The zero-order chi connectivity index (χ0) is 23.7. The Kier molecular flexibility index (Phi) is 8.87. The van der Waals surface area contributed by atoms with Crippen molar-refractivity contribution >= 4 is 30.0 Å². The van der Waals surface area contributed by atoms with Crippen molar-refractivity contribution in [1.82, 2.24) is 15.5 Å². The summed E-state index contributed by atoms with van der Waals surface area (Å²) in [5, 5.41) is 4.69. The van der Waals surface area contributed by atoms with Crippen molar-refractivity contribution in [2.45, 2.75) is 25.7 Å². The van der Waals surface area contributed by atoms with Crippen LogP contribution in [0.5, 0.6) is 17.2 Å². The molecule has 0 radical (unpaired) electrons. The number of hydrogen-bond donors (Lipinski definition) is 3. The molecule has 0 spiro atoms. The van der Waals surface area contributed by atoms with Crippen LogP contribution < -0.4 is 30.6 Å². The minimum Gasteiger partial charge on any atom is -0.493 e. The van der Waals surface area contributed by atoms with Crippen LogP contribution in [-0.2, 0) is 9.59 Å². The molecule has 1 aliphatic heterocycles. The fourth-order valence-electron chi connectivity index (χ4n) is 3.21. The molecule has 0 bridgehead atoms. The summed E-state index contributed by atoms with van der Waals surface area (Å²) in [5.41, 5.74) is 5.29. The molecule has 1 fully saturated rings. The highest BCUT2D eigenvalue weighted by molar-refractivity contribution is 6.31. The van der Waals surface area contributed by atoms with Gasteiger partial charge < -0.3 is 25.3 Å².